The Hall–Kier alpha value is -1.53. The molecule has 0 aliphatic rings. The van der Waals surface area contributed by atoms with E-state index in [-0.39, 0.29) is 11.0 Å². The number of thiol groups is 1. The molecule has 0 atom stereocenters. The molecule has 0 fully saturated rings. The molecule has 150 valence electrons. The van der Waals surface area contributed by atoms with Crippen LogP contribution in [0.3, 0.4) is 0 Å². The van der Waals surface area contributed by atoms with Gasteiger partial charge in [0, 0.05) is 15.6 Å². The maximum Gasteiger partial charge on any atom is 0.417 e. The van der Waals surface area contributed by atoms with Crippen LogP contribution in [-0.2, 0) is 21.4 Å². The molecule has 0 spiro atoms. The lowest BCUT2D eigenvalue weighted by atomic mass is 10.2. The summed E-state index contributed by atoms with van der Waals surface area (Å²) in [5, 5.41) is 0. The monoisotopic (exact) mass is 458 g/mol. The van der Waals surface area contributed by atoms with E-state index in [2.05, 4.69) is 12.6 Å². The molecular formula is C14H7ClF8O2S2. The first-order chi connectivity index (χ1) is 12.0. The Bertz CT molecular complexity index is 924. The quantitative estimate of drug-likeness (QED) is 0.328. The third kappa shape index (κ3) is 6.85. The van der Waals surface area contributed by atoms with Crippen molar-refractivity contribution in [2.24, 2.45) is 0 Å². The third-order valence-corrected chi connectivity index (χ3v) is 4.54. The Morgan fingerprint density at radius 2 is 1.19 bits per heavy atom. The van der Waals surface area contributed by atoms with Crippen molar-refractivity contribution < 1.29 is 43.5 Å². The van der Waals surface area contributed by atoms with Crippen molar-refractivity contribution in [3.63, 3.8) is 0 Å². The number of hydrogen-bond donors (Lipinski definition) is 1. The van der Waals surface area contributed by atoms with Crippen LogP contribution >= 0.6 is 23.3 Å². The van der Waals surface area contributed by atoms with Gasteiger partial charge in [0.25, 0.3) is 9.05 Å². The van der Waals surface area contributed by atoms with E-state index in [9.17, 15) is 43.5 Å². The molecule has 0 aliphatic heterocycles. The third-order valence-electron chi connectivity index (χ3n) is 2.77. The molecule has 0 aliphatic carbocycles. The van der Waals surface area contributed by atoms with Crippen LogP contribution in [0.15, 0.2) is 46.2 Å². The standard InChI is InChI=1S/C7H3ClF4O2S.C7H4F4S/c8-15(13,14)6-2-1-4(9)3-5(6)7(10,11)12;8-4-1-2-6(12)5(3-4)7(9,10)11/h1-3H;1-3,12H. The Kier molecular flexibility index (Phi) is 7.17. The molecule has 2 aromatic carbocycles. The highest BCUT2D eigenvalue weighted by atomic mass is 35.7. The average molecular weight is 459 g/mol. The predicted molar refractivity (Wildman–Crippen MR) is 83.1 cm³/mol. The van der Waals surface area contributed by atoms with Crippen LogP contribution in [0.1, 0.15) is 11.1 Å². The van der Waals surface area contributed by atoms with E-state index in [1.165, 1.54) is 0 Å². The fraction of sp³-hybridized carbons (Fsp3) is 0.143. The van der Waals surface area contributed by atoms with Crippen molar-refractivity contribution in [3.8, 4) is 0 Å². The van der Waals surface area contributed by atoms with Gasteiger partial charge >= 0.3 is 12.4 Å². The van der Waals surface area contributed by atoms with Gasteiger partial charge < -0.3 is 0 Å². The summed E-state index contributed by atoms with van der Waals surface area (Å²) in [6, 6.07) is 3.46. The summed E-state index contributed by atoms with van der Waals surface area (Å²) >= 11 is 3.55. The van der Waals surface area contributed by atoms with Crippen LogP contribution in [0.4, 0.5) is 35.1 Å². The molecular weight excluding hydrogens is 452 g/mol. The first kappa shape index (κ1) is 23.5. The number of hydrogen-bond acceptors (Lipinski definition) is 3. The van der Waals surface area contributed by atoms with Gasteiger partial charge in [-0.3, -0.25) is 0 Å². The van der Waals surface area contributed by atoms with Crippen molar-refractivity contribution in [2.75, 3.05) is 0 Å². The second-order valence-electron chi connectivity index (χ2n) is 4.74. The van der Waals surface area contributed by atoms with E-state index < -0.39 is 49.1 Å². The van der Waals surface area contributed by atoms with Crippen molar-refractivity contribution in [2.45, 2.75) is 22.1 Å². The van der Waals surface area contributed by atoms with Crippen LogP contribution in [0.25, 0.3) is 0 Å². The molecule has 0 amide bonds. The first-order valence-electron chi connectivity index (χ1n) is 6.40. The minimum atomic E-state index is -4.97. The molecule has 0 aromatic heterocycles. The SMILES string of the molecule is Fc1ccc(S)c(C(F)(F)F)c1.O=S(=O)(Cl)c1ccc(F)cc1C(F)(F)F. The molecule has 27 heavy (non-hydrogen) atoms. The predicted octanol–water partition coefficient (Wildman–Crippen LogP) is 5.91. The van der Waals surface area contributed by atoms with E-state index in [1.54, 1.807) is 0 Å². The van der Waals surface area contributed by atoms with E-state index in [4.69, 9.17) is 10.7 Å². The fourth-order valence-corrected chi connectivity index (χ4v) is 3.01. The van der Waals surface area contributed by atoms with Crippen molar-refractivity contribution in [1.29, 1.82) is 0 Å². The van der Waals surface area contributed by atoms with E-state index in [0.29, 0.717) is 18.2 Å². The number of benzene rings is 2. The van der Waals surface area contributed by atoms with Gasteiger partial charge in [0.1, 0.15) is 11.6 Å². The minimum Gasteiger partial charge on any atom is -0.207 e. The summed E-state index contributed by atoms with van der Waals surface area (Å²) in [4.78, 5) is -1.43. The van der Waals surface area contributed by atoms with Gasteiger partial charge in [0.15, 0.2) is 0 Å². The molecule has 0 radical (unpaired) electrons. The summed E-state index contributed by atoms with van der Waals surface area (Å²) in [6.07, 6.45) is -9.52. The van der Waals surface area contributed by atoms with E-state index >= 15 is 0 Å². The maximum atomic E-state index is 12.5. The first-order valence-corrected chi connectivity index (χ1v) is 9.16. The van der Waals surface area contributed by atoms with Crippen LogP contribution < -0.4 is 0 Å². The zero-order valence-corrected chi connectivity index (χ0v) is 15.0. The zero-order chi connectivity index (χ0) is 21.2. The molecule has 2 rings (SSSR count). The Labute approximate surface area is 157 Å². The van der Waals surface area contributed by atoms with Gasteiger partial charge in [-0.05, 0) is 36.4 Å². The molecule has 0 saturated carbocycles. The second kappa shape index (κ2) is 8.23. The lowest BCUT2D eigenvalue weighted by Crippen LogP contribution is -2.11. The van der Waals surface area contributed by atoms with Gasteiger partial charge in [-0.2, -0.15) is 26.3 Å². The number of alkyl halides is 6. The summed E-state index contributed by atoms with van der Waals surface area (Å²) in [6.45, 7) is 0. The lowest BCUT2D eigenvalue weighted by Gasteiger charge is -2.10. The highest BCUT2D eigenvalue weighted by Gasteiger charge is 2.37. The molecule has 2 nitrogen and oxygen atoms in total. The number of rotatable bonds is 1. The second-order valence-corrected chi connectivity index (χ2v) is 7.75. The zero-order valence-electron chi connectivity index (χ0n) is 12.5. The largest absolute Gasteiger partial charge is 0.417 e. The molecule has 0 heterocycles. The smallest absolute Gasteiger partial charge is 0.207 e. The van der Waals surface area contributed by atoms with Gasteiger partial charge in [0.2, 0.25) is 0 Å². The summed E-state index contributed by atoms with van der Waals surface area (Å²) in [7, 11) is 0.224. The highest BCUT2D eigenvalue weighted by molar-refractivity contribution is 8.13. The molecule has 0 unspecified atom stereocenters. The van der Waals surface area contributed by atoms with Crippen molar-refractivity contribution >= 4 is 32.4 Å². The summed E-state index contributed by atoms with van der Waals surface area (Å²) in [5.41, 5.74) is -2.66. The molecule has 13 heteroatoms. The molecule has 0 saturated heterocycles. The fourth-order valence-electron chi connectivity index (χ4n) is 1.67. The van der Waals surface area contributed by atoms with E-state index in [1.807, 2.05) is 0 Å². The molecule has 0 bridgehead atoms. The van der Waals surface area contributed by atoms with Crippen LogP contribution in [-0.4, -0.2) is 8.42 Å². The summed E-state index contributed by atoms with van der Waals surface area (Å²) in [5.74, 6) is -2.11. The van der Waals surface area contributed by atoms with Gasteiger partial charge in [-0.1, -0.05) is 0 Å². The normalized spacial score (nSPS) is 12.4. The highest BCUT2D eigenvalue weighted by Crippen LogP contribution is 2.36. The molecule has 0 N–H and O–H groups in total. The average Bonchev–Trinajstić information content (AvgIpc) is 2.47. The minimum absolute atomic E-state index is 0.0786. The van der Waals surface area contributed by atoms with E-state index in [0.717, 1.165) is 12.1 Å². The van der Waals surface area contributed by atoms with Crippen molar-refractivity contribution in [1.82, 2.24) is 0 Å². The van der Waals surface area contributed by atoms with Crippen LogP contribution in [0, 0.1) is 11.6 Å². The lowest BCUT2D eigenvalue weighted by molar-refractivity contribution is -0.140. The summed E-state index contributed by atoms with van der Waals surface area (Å²) < 4.78 is 119. The Balaban J connectivity index is 0.000000277. The number of halogens is 9. The van der Waals surface area contributed by atoms with Gasteiger partial charge in [-0.25, -0.2) is 17.2 Å². The Morgan fingerprint density at radius 3 is 1.56 bits per heavy atom. The maximum absolute atomic E-state index is 12.5. The molecule has 2 aromatic rings. The topological polar surface area (TPSA) is 34.1 Å². The van der Waals surface area contributed by atoms with Crippen LogP contribution in [0.5, 0.6) is 0 Å². The van der Waals surface area contributed by atoms with Gasteiger partial charge in [-0.15, -0.1) is 12.6 Å². The Morgan fingerprint density at radius 1 is 0.778 bits per heavy atom. The van der Waals surface area contributed by atoms with Gasteiger partial charge in [0.05, 0.1) is 16.0 Å². The van der Waals surface area contributed by atoms with Crippen LogP contribution in [0.2, 0.25) is 0 Å². The van der Waals surface area contributed by atoms with Crippen molar-refractivity contribution in [3.05, 3.63) is 59.2 Å².